The van der Waals surface area contributed by atoms with E-state index in [1.807, 2.05) is 0 Å². The van der Waals surface area contributed by atoms with Crippen molar-refractivity contribution in [1.29, 1.82) is 0 Å². The molecule has 0 aliphatic carbocycles. The molecule has 120 valence electrons. The molecule has 1 aromatic carbocycles. The monoisotopic (exact) mass is 347 g/mol. The van der Waals surface area contributed by atoms with Gasteiger partial charge in [0, 0.05) is 14.1 Å². The van der Waals surface area contributed by atoms with Crippen LogP contribution in [0.3, 0.4) is 0 Å². The molecule has 1 rings (SSSR count). The molecule has 3 amide bonds. The van der Waals surface area contributed by atoms with Crippen LogP contribution in [-0.4, -0.2) is 54.6 Å². The zero-order valence-corrected chi connectivity index (χ0v) is 13.4. The quantitative estimate of drug-likeness (QED) is 0.750. The molecule has 0 aliphatic heterocycles. The number of rotatable bonds is 5. The number of halogens is 2. The van der Waals surface area contributed by atoms with Gasteiger partial charge in [0.25, 0.3) is 5.91 Å². The van der Waals surface area contributed by atoms with Gasteiger partial charge in [0.2, 0.25) is 0 Å². The van der Waals surface area contributed by atoms with Crippen LogP contribution in [0.1, 0.15) is 10.4 Å². The summed E-state index contributed by atoms with van der Waals surface area (Å²) in [4.78, 5) is 35.9. The number of hydrogen-bond acceptors (Lipinski definition) is 3. The van der Waals surface area contributed by atoms with Crippen LogP contribution >= 0.6 is 23.2 Å². The SMILES string of the molecule is CN(C)C(=O)NC[C@H](NC(=O)c1c(Cl)cccc1Cl)C(=O)O. The van der Waals surface area contributed by atoms with E-state index < -0.39 is 23.9 Å². The summed E-state index contributed by atoms with van der Waals surface area (Å²) < 4.78 is 0. The van der Waals surface area contributed by atoms with Crippen LogP contribution in [0, 0.1) is 0 Å². The summed E-state index contributed by atoms with van der Waals surface area (Å²) in [7, 11) is 3.01. The van der Waals surface area contributed by atoms with E-state index in [1.165, 1.54) is 31.1 Å². The molecule has 9 heteroatoms. The molecule has 1 aromatic rings. The van der Waals surface area contributed by atoms with Crippen molar-refractivity contribution in [2.24, 2.45) is 0 Å². The third-order valence-corrected chi connectivity index (χ3v) is 3.29. The van der Waals surface area contributed by atoms with Crippen molar-refractivity contribution < 1.29 is 19.5 Å². The van der Waals surface area contributed by atoms with E-state index >= 15 is 0 Å². The number of amides is 3. The van der Waals surface area contributed by atoms with Gasteiger partial charge in [0.1, 0.15) is 6.04 Å². The first kappa shape index (κ1) is 18.1. The van der Waals surface area contributed by atoms with Crippen molar-refractivity contribution in [3.8, 4) is 0 Å². The summed E-state index contributed by atoms with van der Waals surface area (Å²) in [6.07, 6.45) is 0. The predicted molar refractivity (Wildman–Crippen MR) is 82.4 cm³/mol. The van der Waals surface area contributed by atoms with Crippen LogP contribution in [0.5, 0.6) is 0 Å². The molecular weight excluding hydrogens is 333 g/mol. The average Bonchev–Trinajstić information content (AvgIpc) is 2.42. The third-order valence-electron chi connectivity index (χ3n) is 2.66. The van der Waals surface area contributed by atoms with Gasteiger partial charge in [0.15, 0.2) is 0 Å². The van der Waals surface area contributed by atoms with Crippen LogP contribution in [0.2, 0.25) is 10.0 Å². The Morgan fingerprint density at radius 3 is 2.23 bits per heavy atom. The van der Waals surface area contributed by atoms with E-state index in [0.717, 1.165) is 0 Å². The fourth-order valence-corrected chi connectivity index (χ4v) is 2.06. The van der Waals surface area contributed by atoms with Gasteiger partial charge in [-0.25, -0.2) is 9.59 Å². The number of carboxylic acid groups (broad SMARTS) is 1. The zero-order chi connectivity index (χ0) is 16.9. The lowest BCUT2D eigenvalue weighted by Gasteiger charge is -2.18. The number of carbonyl (C=O) groups excluding carboxylic acids is 2. The largest absolute Gasteiger partial charge is 0.480 e. The van der Waals surface area contributed by atoms with Crippen molar-refractivity contribution in [2.45, 2.75) is 6.04 Å². The Bertz CT molecular complexity index is 572. The molecule has 0 bridgehead atoms. The third kappa shape index (κ3) is 4.78. The standard InChI is InChI=1S/C13H15Cl2N3O4/c1-18(2)13(22)16-6-9(12(20)21)17-11(19)10-7(14)4-3-5-8(10)15/h3-5,9H,6H2,1-2H3,(H,16,22)(H,17,19)(H,20,21)/t9-/m0/s1. The summed E-state index contributed by atoms with van der Waals surface area (Å²) in [6, 6.07) is 2.70. The van der Waals surface area contributed by atoms with Gasteiger partial charge in [-0.15, -0.1) is 0 Å². The second-order valence-electron chi connectivity index (χ2n) is 4.54. The van der Waals surface area contributed by atoms with Crippen LogP contribution < -0.4 is 10.6 Å². The number of urea groups is 1. The molecule has 0 heterocycles. The molecule has 0 unspecified atom stereocenters. The van der Waals surface area contributed by atoms with Gasteiger partial charge in [-0.1, -0.05) is 29.3 Å². The first-order chi connectivity index (χ1) is 10.2. The minimum absolute atomic E-state index is 0.0176. The smallest absolute Gasteiger partial charge is 0.328 e. The fraction of sp³-hybridized carbons (Fsp3) is 0.308. The van der Waals surface area contributed by atoms with Gasteiger partial charge in [-0.2, -0.15) is 0 Å². The molecule has 0 spiro atoms. The summed E-state index contributed by atoms with van der Waals surface area (Å²) in [6.45, 7) is -0.278. The van der Waals surface area contributed by atoms with Crippen LogP contribution in [-0.2, 0) is 4.79 Å². The number of benzene rings is 1. The van der Waals surface area contributed by atoms with Crippen molar-refractivity contribution in [3.05, 3.63) is 33.8 Å². The topological polar surface area (TPSA) is 98.7 Å². The highest BCUT2D eigenvalue weighted by Crippen LogP contribution is 2.24. The molecule has 0 fully saturated rings. The lowest BCUT2D eigenvalue weighted by Crippen LogP contribution is -2.50. The van der Waals surface area contributed by atoms with Gasteiger partial charge in [-0.3, -0.25) is 4.79 Å². The van der Waals surface area contributed by atoms with Gasteiger partial charge >= 0.3 is 12.0 Å². The lowest BCUT2D eigenvalue weighted by atomic mass is 10.2. The molecule has 0 aliphatic rings. The second kappa shape index (κ2) is 7.86. The number of nitrogens with zero attached hydrogens (tertiary/aromatic N) is 1. The molecule has 3 N–H and O–H groups in total. The van der Waals surface area contributed by atoms with Crippen LogP contribution in [0.15, 0.2) is 18.2 Å². The average molecular weight is 348 g/mol. The number of hydrogen-bond donors (Lipinski definition) is 3. The normalized spacial score (nSPS) is 11.5. The molecule has 7 nitrogen and oxygen atoms in total. The summed E-state index contributed by atoms with van der Waals surface area (Å²) in [5.41, 5.74) is -0.0176. The maximum atomic E-state index is 12.1. The number of carboxylic acids is 1. The number of carbonyl (C=O) groups is 3. The summed E-state index contributed by atoms with van der Waals surface area (Å²) in [5.74, 6) is -2.03. The molecule has 22 heavy (non-hydrogen) atoms. The predicted octanol–water partition coefficient (Wildman–Crippen LogP) is 1.45. The Labute approximate surface area is 137 Å². The van der Waals surface area contributed by atoms with Crippen molar-refractivity contribution in [1.82, 2.24) is 15.5 Å². The minimum atomic E-state index is -1.32. The Morgan fingerprint density at radius 2 is 1.77 bits per heavy atom. The molecule has 1 atom stereocenters. The number of aliphatic carboxylic acids is 1. The minimum Gasteiger partial charge on any atom is -0.480 e. The van der Waals surface area contributed by atoms with Crippen LogP contribution in [0.4, 0.5) is 4.79 Å². The highest BCUT2D eigenvalue weighted by molar-refractivity contribution is 6.39. The summed E-state index contributed by atoms with van der Waals surface area (Å²) in [5, 5.41) is 14.0. The second-order valence-corrected chi connectivity index (χ2v) is 5.36. The van der Waals surface area contributed by atoms with E-state index in [0.29, 0.717) is 0 Å². The Kier molecular flexibility index (Phi) is 6.45. The highest BCUT2D eigenvalue weighted by Gasteiger charge is 2.24. The van der Waals surface area contributed by atoms with E-state index in [4.69, 9.17) is 28.3 Å². The van der Waals surface area contributed by atoms with Crippen molar-refractivity contribution in [3.63, 3.8) is 0 Å². The maximum absolute atomic E-state index is 12.1. The van der Waals surface area contributed by atoms with Gasteiger partial charge < -0.3 is 20.6 Å². The van der Waals surface area contributed by atoms with E-state index in [2.05, 4.69) is 10.6 Å². The van der Waals surface area contributed by atoms with Crippen molar-refractivity contribution in [2.75, 3.05) is 20.6 Å². The highest BCUT2D eigenvalue weighted by atomic mass is 35.5. The van der Waals surface area contributed by atoms with E-state index in [-0.39, 0.29) is 22.2 Å². The summed E-state index contributed by atoms with van der Waals surface area (Å²) >= 11 is 11.8. The first-order valence-corrected chi connectivity index (χ1v) is 6.92. The molecule has 0 saturated heterocycles. The van der Waals surface area contributed by atoms with Crippen molar-refractivity contribution >= 4 is 41.1 Å². The Hall–Kier alpha value is -1.99. The Morgan fingerprint density at radius 1 is 1.23 bits per heavy atom. The molecule has 0 saturated carbocycles. The van der Waals surface area contributed by atoms with Gasteiger partial charge in [0.05, 0.1) is 22.2 Å². The number of nitrogens with one attached hydrogen (secondary N) is 2. The van der Waals surface area contributed by atoms with Crippen LogP contribution in [0.25, 0.3) is 0 Å². The molecular formula is C13H15Cl2N3O4. The first-order valence-electron chi connectivity index (χ1n) is 6.17. The lowest BCUT2D eigenvalue weighted by molar-refractivity contribution is -0.139. The van der Waals surface area contributed by atoms with E-state index in [9.17, 15) is 14.4 Å². The van der Waals surface area contributed by atoms with E-state index in [1.54, 1.807) is 6.07 Å². The molecule has 0 aromatic heterocycles. The molecule has 0 radical (unpaired) electrons. The zero-order valence-electron chi connectivity index (χ0n) is 11.9. The maximum Gasteiger partial charge on any atom is 0.328 e. The Balaban J connectivity index is 2.81. The fourth-order valence-electron chi connectivity index (χ4n) is 1.49. The van der Waals surface area contributed by atoms with Gasteiger partial charge in [-0.05, 0) is 12.1 Å².